The fourth-order valence-corrected chi connectivity index (χ4v) is 2.34. The van der Waals surface area contributed by atoms with Crippen LogP contribution in [0.3, 0.4) is 0 Å². The molecule has 22 heavy (non-hydrogen) atoms. The van der Waals surface area contributed by atoms with E-state index in [1.165, 1.54) is 5.49 Å². The lowest BCUT2D eigenvalue weighted by atomic mass is 10.0. The van der Waals surface area contributed by atoms with Crippen LogP contribution in [0.5, 0.6) is 0 Å². The van der Waals surface area contributed by atoms with Crippen molar-refractivity contribution < 1.29 is 9.53 Å². The highest BCUT2D eigenvalue weighted by atomic mass is 32.1. The van der Waals surface area contributed by atoms with Crippen molar-refractivity contribution in [2.45, 2.75) is 25.5 Å². The molecule has 0 saturated heterocycles. The normalized spacial score (nSPS) is 11.0. The van der Waals surface area contributed by atoms with E-state index in [1.54, 1.807) is 13.8 Å². The maximum Gasteiger partial charge on any atom is 0.332 e. The van der Waals surface area contributed by atoms with E-state index in [0.29, 0.717) is 0 Å². The van der Waals surface area contributed by atoms with Gasteiger partial charge in [-0.3, -0.25) is 0 Å². The van der Waals surface area contributed by atoms with Crippen LogP contribution >= 0.6 is 12.2 Å². The summed E-state index contributed by atoms with van der Waals surface area (Å²) in [4.78, 5) is 12.5. The molecule has 0 aromatic heterocycles. The molecule has 0 heterocycles. The molecule has 0 amide bonds. The molecule has 4 heteroatoms. The van der Waals surface area contributed by atoms with Crippen LogP contribution in [0.4, 0.5) is 0 Å². The number of carbonyl (C=O) groups excluding carboxylic acids is 1. The van der Waals surface area contributed by atoms with Crippen LogP contribution in [0, 0.1) is 0 Å². The molecule has 0 bridgehead atoms. The molecular weight excluding hydrogens is 294 g/mol. The number of hydrogen-bond donors (Lipinski definition) is 1. The molecule has 0 aliphatic heterocycles. The standard InChI is InChI=1S/C18H19NO2S/c1-18(2,19-13-22)17(20)21-16(14-9-5-3-6-10-14)15-11-7-4-8-12-15/h3-13,16H,1-2H3,(H,19,22). The van der Waals surface area contributed by atoms with Crippen molar-refractivity contribution in [3.8, 4) is 0 Å². The highest BCUT2D eigenvalue weighted by Gasteiger charge is 2.31. The minimum Gasteiger partial charge on any atom is -0.451 e. The number of benzene rings is 2. The highest BCUT2D eigenvalue weighted by molar-refractivity contribution is 7.78. The monoisotopic (exact) mass is 313 g/mol. The summed E-state index contributed by atoms with van der Waals surface area (Å²) >= 11 is 4.78. The number of thiocarbonyl (C=S) groups is 1. The predicted octanol–water partition coefficient (Wildman–Crippen LogP) is 3.64. The Bertz CT molecular complexity index is 587. The zero-order valence-electron chi connectivity index (χ0n) is 12.7. The van der Waals surface area contributed by atoms with Crippen LogP contribution in [-0.2, 0) is 9.53 Å². The van der Waals surface area contributed by atoms with Gasteiger partial charge >= 0.3 is 5.97 Å². The Hall–Kier alpha value is -2.20. The van der Waals surface area contributed by atoms with Crippen LogP contribution in [0.25, 0.3) is 0 Å². The van der Waals surface area contributed by atoms with Gasteiger partial charge in [-0.15, -0.1) is 0 Å². The Labute approximate surface area is 136 Å². The Balaban J connectivity index is 2.31. The molecule has 0 saturated carbocycles. The summed E-state index contributed by atoms with van der Waals surface area (Å²) in [5.41, 5.74) is 2.32. The molecule has 0 atom stereocenters. The van der Waals surface area contributed by atoms with E-state index in [2.05, 4.69) is 5.32 Å². The van der Waals surface area contributed by atoms with Crippen LogP contribution < -0.4 is 5.32 Å². The van der Waals surface area contributed by atoms with Crippen LogP contribution in [0.2, 0.25) is 0 Å². The van der Waals surface area contributed by atoms with Gasteiger partial charge in [-0.1, -0.05) is 72.9 Å². The quantitative estimate of drug-likeness (QED) is 0.653. The van der Waals surface area contributed by atoms with Gasteiger partial charge in [0.25, 0.3) is 0 Å². The third kappa shape index (κ3) is 3.92. The van der Waals surface area contributed by atoms with E-state index in [9.17, 15) is 4.79 Å². The zero-order valence-corrected chi connectivity index (χ0v) is 13.5. The number of carbonyl (C=O) groups is 1. The summed E-state index contributed by atoms with van der Waals surface area (Å²) in [6.07, 6.45) is -0.443. The Morgan fingerprint density at radius 2 is 1.50 bits per heavy atom. The summed E-state index contributed by atoms with van der Waals surface area (Å²) in [7, 11) is 0. The second-order valence-electron chi connectivity index (χ2n) is 5.49. The molecule has 2 aromatic carbocycles. The average molecular weight is 313 g/mol. The summed E-state index contributed by atoms with van der Waals surface area (Å²) < 4.78 is 5.77. The van der Waals surface area contributed by atoms with Gasteiger partial charge < -0.3 is 10.1 Å². The first-order valence-corrected chi connectivity index (χ1v) is 7.54. The SMILES string of the molecule is CC(C)(NC=S)C(=O)OC(c1ccccc1)c1ccccc1. The van der Waals surface area contributed by atoms with Crippen molar-refractivity contribution in [3.05, 3.63) is 71.8 Å². The Morgan fingerprint density at radius 1 is 1.05 bits per heavy atom. The van der Waals surface area contributed by atoms with Gasteiger partial charge in [0, 0.05) is 0 Å². The lowest BCUT2D eigenvalue weighted by Crippen LogP contribution is -2.47. The highest BCUT2D eigenvalue weighted by Crippen LogP contribution is 2.27. The summed E-state index contributed by atoms with van der Waals surface area (Å²) in [5.74, 6) is -0.355. The molecule has 1 N–H and O–H groups in total. The number of ether oxygens (including phenoxy) is 1. The summed E-state index contributed by atoms with van der Waals surface area (Å²) in [6.45, 7) is 3.48. The minimum absolute atomic E-state index is 0.355. The van der Waals surface area contributed by atoms with E-state index in [0.717, 1.165) is 11.1 Å². The van der Waals surface area contributed by atoms with Crippen LogP contribution in [-0.4, -0.2) is 17.0 Å². The van der Waals surface area contributed by atoms with E-state index < -0.39 is 11.6 Å². The lowest BCUT2D eigenvalue weighted by molar-refractivity contribution is -0.153. The van der Waals surface area contributed by atoms with Gasteiger partial charge in [-0.05, 0) is 25.0 Å². The molecule has 0 aliphatic rings. The fraction of sp³-hybridized carbons (Fsp3) is 0.222. The first-order chi connectivity index (χ1) is 10.5. The van der Waals surface area contributed by atoms with E-state index in [1.807, 2.05) is 60.7 Å². The molecule has 3 nitrogen and oxygen atoms in total. The molecular formula is C18H19NO2S. The van der Waals surface area contributed by atoms with Crippen LogP contribution in [0.1, 0.15) is 31.1 Å². The third-order valence-electron chi connectivity index (χ3n) is 3.36. The smallest absolute Gasteiger partial charge is 0.332 e. The van der Waals surface area contributed by atoms with Gasteiger partial charge in [0.1, 0.15) is 5.54 Å². The molecule has 0 unspecified atom stereocenters. The van der Waals surface area contributed by atoms with Crippen molar-refractivity contribution in [1.29, 1.82) is 0 Å². The summed E-state index contributed by atoms with van der Waals surface area (Å²) in [6, 6.07) is 19.4. The van der Waals surface area contributed by atoms with E-state index in [4.69, 9.17) is 17.0 Å². The molecule has 0 aliphatic carbocycles. The molecule has 2 rings (SSSR count). The minimum atomic E-state index is -0.871. The largest absolute Gasteiger partial charge is 0.451 e. The van der Waals surface area contributed by atoms with Gasteiger partial charge in [-0.2, -0.15) is 0 Å². The number of nitrogens with one attached hydrogen (secondary N) is 1. The number of hydrogen-bond acceptors (Lipinski definition) is 3. The van der Waals surface area contributed by atoms with Gasteiger partial charge in [0.05, 0.1) is 5.49 Å². The van der Waals surface area contributed by atoms with Gasteiger partial charge in [0.15, 0.2) is 6.10 Å². The van der Waals surface area contributed by atoms with Crippen molar-refractivity contribution in [3.63, 3.8) is 0 Å². The van der Waals surface area contributed by atoms with Crippen molar-refractivity contribution >= 4 is 23.7 Å². The van der Waals surface area contributed by atoms with E-state index >= 15 is 0 Å². The topological polar surface area (TPSA) is 38.3 Å². The Kier molecular flexibility index (Phi) is 5.28. The van der Waals surface area contributed by atoms with Gasteiger partial charge in [0.2, 0.25) is 0 Å². The van der Waals surface area contributed by atoms with E-state index in [-0.39, 0.29) is 5.97 Å². The maximum absolute atomic E-state index is 12.5. The Morgan fingerprint density at radius 3 is 1.91 bits per heavy atom. The number of rotatable bonds is 6. The predicted molar refractivity (Wildman–Crippen MR) is 91.7 cm³/mol. The van der Waals surface area contributed by atoms with Crippen LogP contribution in [0.15, 0.2) is 60.7 Å². The lowest BCUT2D eigenvalue weighted by Gasteiger charge is -2.27. The van der Waals surface area contributed by atoms with Crippen molar-refractivity contribution in [1.82, 2.24) is 5.32 Å². The fourth-order valence-electron chi connectivity index (χ4n) is 2.04. The first-order valence-electron chi connectivity index (χ1n) is 7.07. The third-order valence-corrected chi connectivity index (χ3v) is 3.48. The zero-order chi connectivity index (χ0) is 16.0. The van der Waals surface area contributed by atoms with Crippen molar-refractivity contribution in [2.75, 3.05) is 0 Å². The summed E-state index contributed by atoms with van der Waals surface area (Å²) in [5, 5.41) is 2.85. The molecule has 0 spiro atoms. The van der Waals surface area contributed by atoms with Gasteiger partial charge in [-0.25, -0.2) is 4.79 Å². The maximum atomic E-state index is 12.5. The second kappa shape index (κ2) is 7.18. The second-order valence-corrected chi connectivity index (χ2v) is 5.73. The first kappa shape index (κ1) is 16.2. The number of esters is 1. The average Bonchev–Trinajstić information content (AvgIpc) is 2.54. The molecule has 0 radical (unpaired) electrons. The molecule has 114 valence electrons. The molecule has 0 fully saturated rings. The van der Waals surface area contributed by atoms with Crippen molar-refractivity contribution in [2.24, 2.45) is 0 Å². The molecule has 2 aromatic rings.